The number of hydrogen-bond acceptors (Lipinski definition) is 5. The molecule has 2 aromatic carbocycles. The van der Waals surface area contributed by atoms with E-state index in [4.69, 9.17) is 4.74 Å². The highest BCUT2D eigenvalue weighted by Crippen LogP contribution is 2.22. The van der Waals surface area contributed by atoms with Gasteiger partial charge in [-0.3, -0.25) is 9.36 Å². The SMILES string of the molecule is COc1ccc(N2CCCN(C(=O)c3cccc(-n4ccnc4SC)c3)CC2)cc1. The molecule has 0 bridgehead atoms. The second-order valence-electron chi connectivity index (χ2n) is 7.17. The first-order valence-electron chi connectivity index (χ1n) is 10.1. The molecule has 2 heterocycles. The zero-order chi connectivity index (χ0) is 20.9. The van der Waals surface area contributed by atoms with Gasteiger partial charge in [-0.2, -0.15) is 0 Å². The van der Waals surface area contributed by atoms with Gasteiger partial charge in [0.25, 0.3) is 5.91 Å². The second kappa shape index (κ2) is 9.26. The number of rotatable bonds is 5. The first-order chi connectivity index (χ1) is 14.7. The fraction of sp³-hybridized carbons (Fsp3) is 0.304. The van der Waals surface area contributed by atoms with Crippen LogP contribution in [0.3, 0.4) is 0 Å². The zero-order valence-electron chi connectivity index (χ0n) is 17.3. The first-order valence-corrected chi connectivity index (χ1v) is 11.3. The number of carbonyl (C=O) groups excluding carboxylic acids is 1. The Morgan fingerprint density at radius 3 is 2.63 bits per heavy atom. The Balaban J connectivity index is 1.47. The molecule has 1 aliphatic rings. The van der Waals surface area contributed by atoms with Gasteiger partial charge in [-0.15, -0.1) is 0 Å². The van der Waals surface area contributed by atoms with Crippen LogP contribution >= 0.6 is 11.8 Å². The molecule has 156 valence electrons. The van der Waals surface area contributed by atoms with E-state index in [1.807, 2.05) is 58.3 Å². The number of aromatic nitrogens is 2. The van der Waals surface area contributed by atoms with Crippen molar-refractivity contribution in [2.24, 2.45) is 0 Å². The number of thioether (sulfide) groups is 1. The van der Waals surface area contributed by atoms with Crippen LogP contribution in [0.25, 0.3) is 5.69 Å². The van der Waals surface area contributed by atoms with E-state index >= 15 is 0 Å². The lowest BCUT2D eigenvalue weighted by Gasteiger charge is -2.24. The predicted octanol–water partition coefficient (Wildman–Crippen LogP) is 3.96. The third-order valence-corrected chi connectivity index (χ3v) is 6.05. The topological polar surface area (TPSA) is 50.6 Å². The molecule has 1 aromatic heterocycles. The normalized spacial score (nSPS) is 14.5. The molecule has 6 nitrogen and oxygen atoms in total. The lowest BCUT2D eigenvalue weighted by atomic mass is 10.1. The molecular formula is C23H26N4O2S. The van der Waals surface area contributed by atoms with Gasteiger partial charge in [-0.25, -0.2) is 4.98 Å². The van der Waals surface area contributed by atoms with Crippen LogP contribution < -0.4 is 9.64 Å². The molecule has 0 aliphatic carbocycles. The number of carbonyl (C=O) groups is 1. The summed E-state index contributed by atoms with van der Waals surface area (Å²) in [5.74, 6) is 0.937. The van der Waals surface area contributed by atoms with Crippen LogP contribution in [0.1, 0.15) is 16.8 Å². The molecule has 3 aromatic rings. The average molecular weight is 423 g/mol. The summed E-state index contributed by atoms with van der Waals surface area (Å²) >= 11 is 1.59. The van der Waals surface area contributed by atoms with Gasteiger partial charge in [0.15, 0.2) is 5.16 Å². The number of methoxy groups -OCH3 is 1. The summed E-state index contributed by atoms with van der Waals surface area (Å²) in [6.07, 6.45) is 6.65. The second-order valence-corrected chi connectivity index (χ2v) is 7.94. The van der Waals surface area contributed by atoms with Crippen LogP contribution in [0.2, 0.25) is 0 Å². The molecule has 0 N–H and O–H groups in total. The van der Waals surface area contributed by atoms with Crippen molar-refractivity contribution in [1.82, 2.24) is 14.5 Å². The fourth-order valence-electron chi connectivity index (χ4n) is 3.78. The van der Waals surface area contributed by atoms with Crippen LogP contribution in [-0.2, 0) is 0 Å². The van der Waals surface area contributed by atoms with Crippen molar-refractivity contribution in [2.45, 2.75) is 11.6 Å². The number of ether oxygens (including phenoxy) is 1. The minimum absolute atomic E-state index is 0.0826. The summed E-state index contributed by atoms with van der Waals surface area (Å²) in [4.78, 5) is 21.9. The minimum atomic E-state index is 0.0826. The molecule has 30 heavy (non-hydrogen) atoms. The number of imidazole rings is 1. The number of hydrogen-bond donors (Lipinski definition) is 0. The Hall–Kier alpha value is -2.93. The van der Waals surface area contributed by atoms with E-state index in [1.165, 1.54) is 0 Å². The van der Waals surface area contributed by atoms with Crippen molar-refractivity contribution < 1.29 is 9.53 Å². The molecule has 7 heteroatoms. The van der Waals surface area contributed by atoms with Crippen molar-refractivity contribution in [3.63, 3.8) is 0 Å². The lowest BCUT2D eigenvalue weighted by molar-refractivity contribution is 0.0767. The Bertz CT molecular complexity index is 1000. The molecule has 0 unspecified atom stereocenters. The van der Waals surface area contributed by atoms with Gasteiger partial charge < -0.3 is 14.5 Å². The molecule has 1 amide bonds. The Kier molecular flexibility index (Phi) is 6.28. The molecule has 4 rings (SSSR count). The quantitative estimate of drug-likeness (QED) is 0.583. The molecule has 0 saturated carbocycles. The summed E-state index contributed by atoms with van der Waals surface area (Å²) in [5, 5.41) is 0.907. The maximum Gasteiger partial charge on any atom is 0.253 e. The lowest BCUT2D eigenvalue weighted by Crippen LogP contribution is -2.35. The summed E-state index contributed by atoms with van der Waals surface area (Å²) in [6.45, 7) is 3.21. The van der Waals surface area contributed by atoms with E-state index in [0.717, 1.165) is 48.3 Å². The van der Waals surface area contributed by atoms with E-state index in [2.05, 4.69) is 22.0 Å². The number of anilines is 1. The zero-order valence-corrected chi connectivity index (χ0v) is 18.1. The van der Waals surface area contributed by atoms with Crippen LogP contribution in [0.15, 0.2) is 66.1 Å². The maximum atomic E-state index is 13.2. The van der Waals surface area contributed by atoms with Crippen molar-refractivity contribution in [3.05, 3.63) is 66.5 Å². The highest BCUT2D eigenvalue weighted by atomic mass is 32.2. The third kappa shape index (κ3) is 4.31. The van der Waals surface area contributed by atoms with Crippen LogP contribution in [0, 0.1) is 0 Å². The summed E-state index contributed by atoms with van der Waals surface area (Å²) < 4.78 is 7.26. The number of nitrogens with zero attached hydrogens (tertiary/aromatic N) is 4. The number of amides is 1. The Morgan fingerprint density at radius 2 is 1.87 bits per heavy atom. The van der Waals surface area contributed by atoms with Crippen molar-refractivity contribution in [2.75, 3.05) is 44.4 Å². The van der Waals surface area contributed by atoms with E-state index in [1.54, 1.807) is 25.1 Å². The smallest absolute Gasteiger partial charge is 0.253 e. The van der Waals surface area contributed by atoms with Crippen molar-refractivity contribution >= 4 is 23.4 Å². The maximum absolute atomic E-state index is 13.2. The van der Waals surface area contributed by atoms with E-state index < -0.39 is 0 Å². The van der Waals surface area contributed by atoms with Gasteiger partial charge in [0.05, 0.1) is 7.11 Å². The predicted molar refractivity (Wildman–Crippen MR) is 121 cm³/mol. The van der Waals surface area contributed by atoms with E-state index in [-0.39, 0.29) is 5.91 Å². The van der Waals surface area contributed by atoms with Gasteiger partial charge in [0.2, 0.25) is 0 Å². The highest BCUT2D eigenvalue weighted by molar-refractivity contribution is 7.98. The van der Waals surface area contributed by atoms with Gasteiger partial charge >= 0.3 is 0 Å². The average Bonchev–Trinajstić information content (AvgIpc) is 3.15. The van der Waals surface area contributed by atoms with Gasteiger partial charge in [-0.05, 0) is 55.1 Å². The first kappa shape index (κ1) is 20.3. The van der Waals surface area contributed by atoms with Crippen LogP contribution in [-0.4, -0.2) is 59.9 Å². The van der Waals surface area contributed by atoms with Crippen LogP contribution in [0.4, 0.5) is 5.69 Å². The van der Waals surface area contributed by atoms with Gasteiger partial charge in [0.1, 0.15) is 5.75 Å². The largest absolute Gasteiger partial charge is 0.497 e. The monoisotopic (exact) mass is 422 g/mol. The van der Waals surface area contributed by atoms with Gasteiger partial charge in [-0.1, -0.05) is 17.8 Å². The standard InChI is InChI=1S/C23H26N4O2S/c1-29-21-9-7-19(8-10-21)25-12-4-13-26(16-15-25)22(28)18-5-3-6-20(17-18)27-14-11-24-23(27)30-2/h3,5-11,14,17H,4,12-13,15-16H2,1-2H3. The van der Waals surface area contributed by atoms with E-state index in [0.29, 0.717) is 12.1 Å². The third-order valence-electron chi connectivity index (χ3n) is 5.38. The molecule has 0 atom stereocenters. The molecular weight excluding hydrogens is 396 g/mol. The van der Waals surface area contributed by atoms with Crippen LogP contribution in [0.5, 0.6) is 5.75 Å². The molecule has 1 fully saturated rings. The molecule has 0 radical (unpaired) electrons. The summed E-state index contributed by atoms with van der Waals surface area (Å²) in [5.41, 5.74) is 2.83. The Labute approximate surface area is 181 Å². The molecule has 1 aliphatic heterocycles. The van der Waals surface area contributed by atoms with E-state index in [9.17, 15) is 4.79 Å². The Morgan fingerprint density at radius 1 is 1.03 bits per heavy atom. The summed E-state index contributed by atoms with van der Waals surface area (Å²) in [7, 11) is 1.67. The number of benzene rings is 2. The minimum Gasteiger partial charge on any atom is -0.497 e. The molecule has 0 spiro atoms. The molecule has 1 saturated heterocycles. The van der Waals surface area contributed by atoms with Gasteiger partial charge in [0, 0.05) is 55.5 Å². The van der Waals surface area contributed by atoms with Crippen molar-refractivity contribution in [1.29, 1.82) is 0 Å². The summed E-state index contributed by atoms with van der Waals surface area (Å²) in [6, 6.07) is 15.9. The fourth-order valence-corrected chi connectivity index (χ4v) is 4.31. The van der Waals surface area contributed by atoms with Crippen molar-refractivity contribution in [3.8, 4) is 11.4 Å². The highest BCUT2D eigenvalue weighted by Gasteiger charge is 2.21.